The largest absolute Gasteiger partial charge is 0.294 e. The number of halogens is 1. The van der Waals surface area contributed by atoms with Crippen LogP contribution < -0.4 is 0 Å². The molecule has 0 unspecified atom stereocenters. The van der Waals surface area contributed by atoms with E-state index in [2.05, 4.69) is 15.1 Å². The Morgan fingerprint density at radius 2 is 2.14 bits per heavy atom. The van der Waals surface area contributed by atoms with Gasteiger partial charge in [0.25, 0.3) is 0 Å². The van der Waals surface area contributed by atoms with Crippen LogP contribution in [0.2, 0.25) is 0 Å². The maximum atomic E-state index is 12.9. The van der Waals surface area contributed by atoms with Crippen LogP contribution in [-0.4, -0.2) is 33.5 Å². The van der Waals surface area contributed by atoms with Crippen LogP contribution in [0.4, 0.5) is 4.39 Å². The van der Waals surface area contributed by atoms with E-state index in [0.29, 0.717) is 12.0 Å². The van der Waals surface area contributed by atoms with E-state index in [1.807, 2.05) is 6.92 Å². The number of Topliss-reactive ketones (excluding diaryl/α,β-unsaturated/α-hetero) is 1. The fourth-order valence-electron chi connectivity index (χ4n) is 2.88. The molecule has 1 aliphatic heterocycles. The van der Waals surface area contributed by atoms with Crippen LogP contribution in [0.15, 0.2) is 24.3 Å². The van der Waals surface area contributed by atoms with Crippen molar-refractivity contribution in [3.05, 3.63) is 45.7 Å². The molecule has 2 aromatic rings. The molecule has 1 fully saturated rings. The van der Waals surface area contributed by atoms with Crippen molar-refractivity contribution in [2.24, 2.45) is 0 Å². The second-order valence-corrected chi connectivity index (χ2v) is 6.88. The summed E-state index contributed by atoms with van der Waals surface area (Å²) in [5.41, 5.74) is 0.583. The topological polar surface area (TPSA) is 46.1 Å². The highest BCUT2D eigenvalue weighted by Gasteiger charge is 2.27. The number of likely N-dealkylation sites (tertiary alicyclic amines) is 1. The fourth-order valence-corrected chi connectivity index (χ4v) is 3.61. The molecule has 0 spiro atoms. The zero-order chi connectivity index (χ0) is 15.5. The predicted octanol–water partition coefficient (Wildman–Crippen LogP) is 3.22. The highest BCUT2D eigenvalue weighted by Crippen LogP contribution is 2.25. The monoisotopic (exact) mass is 319 g/mol. The Kier molecular flexibility index (Phi) is 4.59. The lowest BCUT2D eigenvalue weighted by molar-refractivity contribution is 0.0938. The van der Waals surface area contributed by atoms with Gasteiger partial charge in [-0.05, 0) is 50.6 Å². The average molecular weight is 319 g/mol. The Bertz CT molecular complexity index is 656. The van der Waals surface area contributed by atoms with Crippen molar-refractivity contribution >= 4 is 17.1 Å². The molecule has 0 radical (unpaired) electrons. The first kappa shape index (κ1) is 15.2. The van der Waals surface area contributed by atoms with E-state index in [1.165, 1.54) is 12.1 Å². The van der Waals surface area contributed by atoms with E-state index in [9.17, 15) is 9.18 Å². The smallest absolute Gasteiger partial charge is 0.164 e. The van der Waals surface area contributed by atoms with E-state index >= 15 is 0 Å². The molecule has 4 nitrogen and oxygen atoms in total. The summed E-state index contributed by atoms with van der Waals surface area (Å²) in [7, 11) is 0. The van der Waals surface area contributed by atoms with E-state index in [0.717, 1.165) is 35.9 Å². The second kappa shape index (κ2) is 6.62. The summed E-state index contributed by atoms with van der Waals surface area (Å²) in [4.78, 5) is 14.6. The summed E-state index contributed by atoms with van der Waals surface area (Å²) in [6.07, 6.45) is 2.59. The average Bonchev–Trinajstić information content (AvgIpc) is 3.10. The van der Waals surface area contributed by atoms with Gasteiger partial charge in [0, 0.05) is 18.0 Å². The van der Waals surface area contributed by atoms with E-state index in [4.69, 9.17) is 0 Å². The van der Waals surface area contributed by atoms with E-state index in [-0.39, 0.29) is 17.6 Å². The van der Waals surface area contributed by atoms with Gasteiger partial charge in [0.2, 0.25) is 0 Å². The van der Waals surface area contributed by atoms with Gasteiger partial charge in [0.1, 0.15) is 15.8 Å². The summed E-state index contributed by atoms with van der Waals surface area (Å²) < 4.78 is 12.9. The molecule has 22 heavy (non-hydrogen) atoms. The molecule has 2 heterocycles. The van der Waals surface area contributed by atoms with Crippen LogP contribution in [0.25, 0.3) is 0 Å². The van der Waals surface area contributed by atoms with Gasteiger partial charge in [-0.2, -0.15) is 0 Å². The SMILES string of the molecule is Cc1nnc(CN2CCC[C@H]2CC(=O)c2ccc(F)cc2)s1. The zero-order valence-electron chi connectivity index (χ0n) is 12.5. The minimum absolute atomic E-state index is 0.0744. The number of aryl methyl sites for hydroxylation is 1. The Balaban J connectivity index is 1.63. The Hall–Kier alpha value is -1.66. The van der Waals surface area contributed by atoms with Gasteiger partial charge in [0.15, 0.2) is 5.78 Å². The lowest BCUT2D eigenvalue weighted by Crippen LogP contribution is -2.30. The summed E-state index contributed by atoms with van der Waals surface area (Å²) in [6, 6.07) is 6.03. The van der Waals surface area contributed by atoms with Gasteiger partial charge in [-0.3, -0.25) is 9.69 Å². The Morgan fingerprint density at radius 3 is 2.82 bits per heavy atom. The molecule has 0 saturated carbocycles. The summed E-state index contributed by atoms with van der Waals surface area (Å²) >= 11 is 1.60. The molecular weight excluding hydrogens is 301 g/mol. The van der Waals surface area contributed by atoms with Crippen molar-refractivity contribution in [2.45, 2.75) is 38.8 Å². The third-order valence-corrected chi connectivity index (χ3v) is 4.82. The van der Waals surface area contributed by atoms with Crippen LogP contribution >= 0.6 is 11.3 Å². The van der Waals surface area contributed by atoms with Gasteiger partial charge < -0.3 is 0 Å². The number of nitrogens with zero attached hydrogens (tertiary/aromatic N) is 3. The maximum Gasteiger partial charge on any atom is 0.164 e. The minimum Gasteiger partial charge on any atom is -0.294 e. The number of aromatic nitrogens is 2. The van der Waals surface area contributed by atoms with Crippen LogP contribution in [0.1, 0.15) is 39.6 Å². The zero-order valence-corrected chi connectivity index (χ0v) is 13.3. The van der Waals surface area contributed by atoms with Crippen molar-refractivity contribution in [3.63, 3.8) is 0 Å². The van der Waals surface area contributed by atoms with Crippen LogP contribution in [-0.2, 0) is 6.54 Å². The highest BCUT2D eigenvalue weighted by atomic mass is 32.1. The Labute approximate surface area is 133 Å². The molecule has 0 amide bonds. The maximum absolute atomic E-state index is 12.9. The minimum atomic E-state index is -0.314. The van der Waals surface area contributed by atoms with Gasteiger partial charge in [-0.25, -0.2) is 4.39 Å². The van der Waals surface area contributed by atoms with Crippen LogP contribution in [0, 0.1) is 12.7 Å². The third kappa shape index (κ3) is 3.56. The molecule has 116 valence electrons. The quantitative estimate of drug-likeness (QED) is 0.794. The number of hydrogen-bond acceptors (Lipinski definition) is 5. The molecule has 0 aliphatic carbocycles. The summed E-state index contributed by atoms with van der Waals surface area (Å²) in [5, 5.41) is 10.2. The Morgan fingerprint density at radius 1 is 1.36 bits per heavy atom. The normalized spacial score (nSPS) is 18.7. The van der Waals surface area contributed by atoms with Crippen molar-refractivity contribution < 1.29 is 9.18 Å². The van der Waals surface area contributed by atoms with E-state index < -0.39 is 0 Å². The lowest BCUT2D eigenvalue weighted by Gasteiger charge is -2.22. The van der Waals surface area contributed by atoms with Gasteiger partial charge >= 0.3 is 0 Å². The molecule has 6 heteroatoms. The first-order chi connectivity index (χ1) is 10.6. The lowest BCUT2D eigenvalue weighted by atomic mass is 10.0. The van der Waals surface area contributed by atoms with Crippen molar-refractivity contribution in [1.82, 2.24) is 15.1 Å². The van der Waals surface area contributed by atoms with Gasteiger partial charge in [0.05, 0.1) is 6.54 Å². The molecule has 1 aliphatic rings. The number of ketones is 1. The number of rotatable bonds is 5. The van der Waals surface area contributed by atoms with Crippen LogP contribution in [0.3, 0.4) is 0 Å². The third-order valence-electron chi connectivity index (χ3n) is 3.99. The molecular formula is C16H18FN3OS. The molecule has 0 bridgehead atoms. The number of carbonyl (C=O) groups is 1. The number of benzene rings is 1. The van der Waals surface area contributed by atoms with Crippen molar-refractivity contribution in [2.75, 3.05) is 6.54 Å². The molecule has 1 aromatic heterocycles. The van der Waals surface area contributed by atoms with E-state index in [1.54, 1.807) is 23.5 Å². The first-order valence-corrected chi connectivity index (χ1v) is 8.25. The van der Waals surface area contributed by atoms with Gasteiger partial charge in [-0.15, -0.1) is 21.5 Å². The standard InChI is InChI=1S/C16H18FN3OS/c1-11-18-19-16(22-11)10-20-8-2-3-14(20)9-15(21)12-4-6-13(17)7-5-12/h4-7,14H,2-3,8-10H2,1H3/t14-/m0/s1. The second-order valence-electron chi connectivity index (χ2n) is 5.62. The van der Waals surface area contributed by atoms with Crippen molar-refractivity contribution in [3.8, 4) is 0 Å². The molecule has 0 N–H and O–H groups in total. The predicted molar refractivity (Wildman–Crippen MR) is 83.4 cm³/mol. The summed E-state index contributed by atoms with van der Waals surface area (Å²) in [6.45, 7) is 3.69. The van der Waals surface area contributed by atoms with Gasteiger partial charge in [-0.1, -0.05) is 0 Å². The highest BCUT2D eigenvalue weighted by molar-refractivity contribution is 7.11. The summed E-state index contributed by atoms with van der Waals surface area (Å²) in [5.74, 6) is -0.240. The fraction of sp³-hybridized carbons (Fsp3) is 0.438. The number of carbonyl (C=O) groups excluding carboxylic acids is 1. The molecule has 1 saturated heterocycles. The molecule has 1 aromatic carbocycles. The first-order valence-electron chi connectivity index (χ1n) is 7.43. The molecule has 3 rings (SSSR count). The number of hydrogen-bond donors (Lipinski definition) is 0. The van der Waals surface area contributed by atoms with Crippen molar-refractivity contribution in [1.29, 1.82) is 0 Å². The molecule has 1 atom stereocenters. The van der Waals surface area contributed by atoms with Crippen LogP contribution in [0.5, 0.6) is 0 Å².